The van der Waals surface area contributed by atoms with Crippen molar-refractivity contribution in [3.63, 3.8) is 0 Å². The molecule has 1 aliphatic rings. The summed E-state index contributed by atoms with van der Waals surface area (Å²) in [7, 11) is 0. The maximum absolute atomic E-state index is 5.53. The Morgan fingerprint density at radius 1 is 1.35 bits per heavy atom. The van der Waals surface area contributed by atoms with E-state index in [9.17, 15) is 0 Å². The van der Waals surface area contributed by atoms with Crippen molar-refractivity contribution in [2.75, 3.05) is 31.6 Å². The predicted octanol–water partition coefficient (Wildman–Crippen LogP) is 2.55. The average Bonchev–Trinajstić information content (AvgIpc) is 2.46. The van der Waals surface area contributed by atoms with E-state index in [4.69, 9.17) is 4.74 Å². The predicted molar refractivity (Wildman–Crippen MR) is 81.2 cm³/mol. The Hall–Kier alpha value is -1.36. The maximum Gasteiger partial charge on any atom is 0.226 e. The zero-order valence-electron chi connectivity index (χ0n) is 12.6. The lowest BCUT2D eigenvalue weighted by atomic mass is 10.1. The summed E-state index contributed by atoms with van der Waals surface area (Å²) < 4.78 is 5.53. The van der Waals surface area contributed by atoms with E-state index in [2.05, 4.69) is 34.0 Å². The van der Waals surface area contributed by atoms with Gasteiger partial charge in [-0.05, 0) is 39.3 Å². The van der Waals surface area contributed by atoms with Gasteiger partial charge in [0.25, 0.3) is 0 Å². The summed E-state index contributed by atoms with van der Waals surface area (Å²) in [5, 5.41) is 3.36. The topological polar surface area (TPSA) is 50.3 Å². The van der Waals surface area contributed by atoms with Gasteiger partial charge in [0.05, 0.1) is 6.61 Å². The molecule has 2 heterocycles. The van der Waals surface area contributed by atoms with Crippen molar-refractivity contribution in [3.05, 3.63) is 12.3 Å². The molecule has 0 spiro atoms. The Morgan fingerprint density at radius 2 is 2.15 bits per heavy atom. The second-order valence-corrected chi connectivity index (χ2v) is 5.47. The molecule has 0 amide bonds. The molecule has 1 fully saturated rings. The zero-order chi connectivity index (χ0) is 14.2. The first-order valence-electron chi connectivity index (χ1n) is 7.72. The van der Waals surface area contributed by atoms with Gasteiger partial charge in [-0.3, -0.25) is 0 Å². The number of piperidine rings is 1. The molecule has 2 rings (SSSR count). The number of likely N-dealkylation sites (tertiary alicyclic amines) is 1. The second kappa shape index (κ2) is 8.04. The number of anilines is 1. The smallest absolute Gasteiger partial charge is 0.226 e. The number of hydrogen-bond acceptors (Lipinski definition) is 5. The highest BCUT2D eigenvalue weighted by atomic mass is 16.5. The molecule has 1 unspecified atom stereocenters. The van der Waals surface area contributed by atoms with Crippen LogP contribution in [0, 0.1) is 0 Å². The molecule has 1 N–H and O–H groups in total. The molecule has 1 aromatic heterocycles. The van der Waals surface area contributed by atoms with Crippen molar-refractivity contribution in [2.45, 2.75) is 45.6 Å². The minimum atomic E-state index is 0.342. The summed E-state index contributed by atoms with van der Waals surface area (Å²) >= 11 is 0. The number of aromatic nitrogens is 2. The minimum Gasteiger partial charge on any atom is -0.478 e. The molecular formula is C15H26N4O. The molecule has 20 heavy (non-hydrogen) atoms. The van der Waals surface area contributed by atoms with E-state index in [1.54, 1.807) is 12.3 Å². The number of rotatable bonds is 7. The van der Waals surface area contributed by atoms with Crippen molar-refractivity contribution < 1.29 is 4.74 Å². The van der Waals surface area contributed by atoms with Crippen LogP contribution in [0.1, 0.15) is 39.5 Å². The molecule has 1 aromatic rings. The fraction of sp³-hybridized carbons (Fsp3) is 0.733. The van der Waals surface area contributed by atoms with Gasteiger partial charge in [-0.15, -0.1) is 0 Å². The SMILES string of the molecule is CCCOc1ccnc(NC(C)CN2CCCCC2)n1. The first kappa shape index (κ1) is 15.0. The van der Waals surface area contributed by atoms with Gasteiger partial charge in [-0.25, -0.2) is 4.98 Å². The zero-order valence-corrected chi connectivity index (χ0v) is 12.6. The van der Waals surface area contributed by atoms with Gasteiger partial charge in [0, 0.05) is 24.8 Å². The third-order valence-electron chi connectivity index (χ3n) is 3.44. The van der Waals surface area contributed by atoms with E-state index in [-0.39, 0.29) is 0 Å². The molecule has 1 aliphatic heterocycles. The average molecular weight is 278 g/mol. The largest absolute Gasteiger partial charge is 0.478 e. The van der Waals surface area contributed by atoms with E-state index >= 15 is 0 Å². The molecule has 0 aliphatic carbocycles. The van der Waals surface area contributed by atoms with Crippen molar-refractivity contribution in [1.82, 2.24) is 14.9 Å². The Kier molecular flexibility index (Phi) is 6.05. The highest BCUT2D eigenvalue weighted by Crippen LogP contribution is 2.12. The molecule has 1 atom stereocenters. The lowest BCUT2D eigenvalue weighted by Gasteiger charge is -2.29. The van der Waals surface area contributed by atoms with Crippen LogP contribution in [-0.2, 0) is 0 Å². The molecule has 112 valence electrons. The second-order valence-electron chi connectivity index (χ2n) is 5.47. The van der Waals surface area contributed by atoms with Crippen molar-refractivity contribution in [3.8, 4) is 5.88 Å². The van der Waals surface area contributed by atoms with E-state index in [0.29, 0.717) is 24.5 Å². The van der Waals surface area contributed by atoms with Gasteiger partial charge in [-0.1, -0.05) is 13.3 Å². The Labute approximate surface area is 121 Å². The van der Waals surface area contributed by atoms with Crippen molar-refractivity contribution >= 4 is 5.95 Å². The summed E-state index contributed by atoms with van der Waals surface area (Å²) in [5.41, 5.74) is 0. The van der Waals surface area contributed by atoms with Crippen LogP contribution in [0.3, 0.4) is 0 Å². The standard InChI is InChI=1S/C15H26N4O/c1-3-11-20-14-7-8-16-15(18-14)17-13(2)12-19-9-5-4-6-10-19/h7-8,13H,3-6,9-12H2,1-2H3,(H,16,17,18). The first-order valence-corrected chi connectivity index (χ1v) is 7.72. The first-order chi connectivity index (χ1) is 9.78. The van der Waals surface area contributed by atoms with Crippen LogP contribution in [0.25, 0.3) is 0 Å². The third kappa shape index (κ3) is 4.96. The highest BCUT2D eigenvalue weighted by molar-refractivity contribution is 5.28. The van der Waals surface area contributed by atoms with Gasteiger partial charge < -0.3 is 15.0 Å². The maximum atomic E-state index is 5.53. The van der Waals surface area contributed by atoms with Crippen LogP contribution in [-0.4, -0.2) is 47.2 Å². The van der Waals surface area contributed by atoms with Crippen LogP contribution in [0.15, 0.2) is 12.3 Å². The van der Waals surface area contributed by atoms with Gasteiger partial charge in [-0.2, -0.15) is 4.98 Å². The Morgan fingerprint density at radius 3 is 2.90 bits per heavy atom. The molecule has 0 bridgehead atoms. The molecular weight excluding hydrogens is 252 g/mol. The summed E-state index contributed by atoms with van der Waals surface area (Å²) in [5.74, 6) is 1.30. The number of hydrogen-bond donors (Lipinski definition) is 1. The van der Waals surface area contributed by atoms with Crippen LogP contribution in [0.4, 0.5) is 5.95 Å². The van der Waals surface area contributed by atoms with Crippen LogP contribution in [0.2, 0.25) is 0 Å². The molecule has 0 radical (unpaired) electrons. The minimum absolute atomic E-state index is 0.342. The van der Waals surface area contributed by atoms with Crippen molar-refractivity contribution in [1.29, 1.82) is 0 Å². The molecule has 0 aromatic carbocycles. The van der Waals surface area contributed by atoms with Crippen molar-refractivity contribution in [2.24, 2.45) is 0 Å². The summed E-state index contributed by atoms with van der Waals surface area (Å²) in [6.45, 7) is 8.43. The lowest BCUT2D eigenvalue weighted by molar-refractivity contribution is 0.223. The molecule has 5 heteroatoms. The van der Waals surface area contributed by atoms with Crippen LogP contribution >= 0.6 is 0 Å². The number of nitrogens with zero attached hydrogens (tertiary/aromatic N) is 3. The summed E-state index contributed by atoms with van der Waals surface area (Å²) in [4.78, 5) is 11.2. The quantitative estimate of drug-likeness (QED) is 0.830. The summed E-state index contributed by atoms with van der Waals surface area (Å²) in [6, 6.07) is 2.14. The summed E-state index contributed by atoms with van der Waals surface area (Å²) in [6.07, 6.45) is 6.75. The van der Waals surface area contributed by atoms with Gasteiger partial charge >= 0.3 is 0 Å². The van der Waals surface area contributed by atoms with E-state index in [0.717, 1.165) is 13.0 Å². The van der Waals surface area contributed by atoms with Crippen LogP contribution in [0.5, 0.6) is 5.88 Å². The fourth-order valence-corrected chi connectivity index (χ4v) is 2.49. The Balaban J connectivity index is 1.81. The van der Waals surface area contributed by atoms with Gasteiger partial charge in [0.1, 0.15) is 0 Å². The number of nitrogens with one attached hydrogen (secondary N) is 1. The normalized spacial score (nSPS) is 17.7. The van der Waals surface area contributed by atoms with E-state index in [1.807, 2.05) is 0 Å². The van der Waals surface area contributed by atoms with Crippen LogP contribution < -0.4 is 10.1 Å². The molecule has 5 nitrogen and oxygen atoms in total. The molecule has 1 saturated heterocycles. The third-order valence-corrected chi connectivity index (χ3v) is 3.44. The van der Waals surface area contributed by atoms with Gasteiger partial charge in [0.15, 0.2) is 0 Å². The van der Waals surface area contributed by atoms with E-state index < -0.39 is 0 Å². The fourth-order valence-electron chi connectivity index (χ4n) is 2.49. The number of ether oxygens (including phenoxy) is 1. The highest BCUT2D eigenvalue weighted by Gasteiger charge is 2.14. The lowest BCUT2D eigenvalue weighted by Crippen LogP contribution is -2.38. The van der Waals surface area contributed by atoms with Gasteiger partial charge in [0.2, 0.25) is 11.8 Å². The van der Waals surface area contributed by atoms with E-state index in [1.165, 1.54) is 32.4 Å². The monoisotopic (exact) mass is 278 g/mol. The molecule has 0 saturated carbocycles. The Bertz CT molecular complexity index is 393.